The first-order chi connectivity index (χ1) is 35.6. The number of rotatable bonds is 5. The van der Waals surface area contributed by atoms with E-state index in [9.17, 15) is 0 Å². The SMILES string of the molecule is Cc1ccc2c(oc3cc(-c4cc5c6c(c4)-n4c7ccc(C(C)(C)C)cc7c7cc(C(C)(C)C)cc(c74)B6c4cc(C(C)(C)C)ccc4O5)ccc32)c1-c1n(-c2c(C(C)C)cccc2C(C)C)c2ccccc2[n+]1C. The van der Waals surface area contributed by atoms with Gasteiger partial charge in [0.05, 0.1) is 12.6 Å². The molecule has 0 aliphatic carbocycles. The first-order valence-electron chi connectivity index (χ1n) is 27.3. The van der Waals surface area contributed by atoms with Crippen molar-refractivity contribution in [3.05, 3.63) is 167 Å². The van der Waals surface area contributed by atoms with Gasteiger partial charge in [0.1, 0.15) is 28.3 Å². The van der Waals surface area contributed by atoms with E-state index >= 15 is 0 Å². The molecule has 0 saturated heterocycles. The fraction of sp³-hybridized carbons (Fsp3) is 0.290. The highest BCUT2D eigenvalue weighted by Crippen LogP contribution is 2.46. The number of nitrogens with zero attached hydrogens (tertiary/aromatic N) is 3. The second kappa shape index (κ2) is 16.1. The summed E-state index contributed by atoms with van der Waals surface area (Å²) >= 11 is 0. The second-order valence-electron chi connectivity index (χ2n) is 25.7. The number of aryl methyl sites for hydroxylation is 2. The molecule has 75 heavy (non-hydrogen) atoms. The van der Waals surface area contributed by atoms with Gasteiger partial charge >= 0.3 is 0 Å². The minimum absolute atomic E-state index is 0.00553. The predicted octanol–water partition coefficient (Wildman–Crippen LogP) is 16.2. The van der Waals surface area contributed by atoms with E-state index in [1.165, 1.54) is 94.0 Å². The minimum atomic E-state index is -0.0592. The van der Waals surface area contributed by atoms with Crippen molar-refractivity contribution >= 4 is 77.9 Å². The summed E-state index contributed by atoms with van der Waals surface area (Å²) in [5.74, 6) is 3.59. The van der Waals surface area contributed by atoms with E-state index in [2.05, 4.69) is 251 Å². The molecule has 0 amide bonds. The molecule has 13 rings (SSSR count). The lowest BCUT2D eigenvalue weighted by Crippen LogP contribution is -2.58. The van der Waals surface area contributed by atoms with Crippen LogP contribution in [0.1, 0.15) is 135 Å². The molecular formula is C69H69BN3O2+. The zero-order chi connectivity index (χ0) is 52.5. The van der Waals surface area contributed by atoms with Crippen LogP contribution < -0.4 is 25.7 Å². The molecule has 0 radical (unpaired) electrons. The first-order valence-corrected chi connectivity index (χ1v) is 27.3. The predicted molar refractivity (Wildman–Crippen MR) is 317 cm³/mol. The van der Waals surface area contributed by atoms with Crippen LogP contribution in [-0.2, 0) is 23.3 Å². The third kappa shape index (κ3) is 7.00. The van der Waals surface area contributed by atoms with Gasteiger partial charge in [-0.25, -0.2) is 4.57 Å². The van der Waals surface area contributed by atoms with Crippen LogP contribution >= 0.6 is 0 Å². The largest absolute Gasteiger partial charge is 0.458 e. The zero-order valence-electron chi connectivity index (χ0n) is 46.6. The average molecular weight is 983 g/mol. The van der Waals surface area contributed by atoms with Crippen LogP contribution in [0.15, 0.2) is 138 Å². The summed E-state index contributed by atoms with van der Waals surface area (Å²) in [7, 11) is 2.21. The molecule has 374 valence electrons. The van der Waals surface area contributed by atoms with Gasteiger partial charge in [-0.2, -0.15) is 4.57 Å². The Hall–Kier alpha value is -7.31. The highest BCUT2D eigenvalue weighted by atomic mass is 16.5. The van der Waals surface area contributed by atoms with Gasteiger partial charge in [-0.1, -0.05) is 163 Å². The molecule has 5 nitrogen and oxygen atoms in total. The summed E-state index contributed by atoms with van der Waals surface area (Å²) in [4.78, 5) is 0. The van der Waals surface area contributed by atoms with Gasteiger partial charge in [-0.3, -0.25) is 0 Å². The summed E-state index contributed by atoms with van der Waals surface area (Å²) in [5, 5.41) is 4.81. The monoisotopic (exact) mass is 983 g/mol. The number of furan rings is 1. The van der Waals surface area contributed by atoms with Crippen molar-refractivity contribution in [2.45, 2.75) is 125 Å². The van der Waals surface area contributed by atoms with Crippen LogP contribution in [0.2, 0.25) is 0 Å². The summed E-state index contributed by atoms with van der Waals surface area (Å²) < 4.78 is 22.0. The Morgan fingerprint density at radius 2 is 1.19 bits per heavy atom. The van der Waals surface area contributed by atoms with E-state index in [1.54, 1.807) is 0 Å². The van der Waals surface area contributed by atoms with Crippen molar-refractivity contribution in [1.82, 2.24) is 9.13 Å². The molecule has 0 fully saturated rings. The molecule has 0 bridgehead atoms. The van der Waals surface area contributed by atoms with E-state index in [1.807, 2.05) is 0 Å². The van der Waals surface area contributed by atoms with E-state index in [0.717, 1.165) is 56.0 Å². The van der Waals surface area contributed by atoms with Gasteiger partial charge in [0, 0.05) is 43.9 Å². The molecule has 6 heteroatoms. The normalized spacial score (nSPS) is 13.6. The lowest BCUT2D eigenvalue weighted by Gasteiger charge is -2.35. The van der Waals surface area contributed by atoms with Crippen LogP contribution in [0, 0.1) is 6.92 Å². The van der Waals surface area contributed by atoms with Gasteiger partial charge in [-0.15, -0.1) is 0 Å². The number of hydrogen-bond donors (Lipinski definition) is 0. The van der Waals surface area contributed by atoms with Crippen molar-refractivity contribution in [3.63, 3.8) is 0 Å². The van der Waals surface area contributed by atoms with Gasteiger partial charge in [-0.05, 0) is 145 Å². The number of benzene rings is 8. The van der Waals surface area contributed by atoms with Crippen molar-refractivity contribution in [3.8, 4) is 45.4 Å². The third-order valence-corrected chi connectivity index (χ3v) is 17.0. The number of aromatic nitrogens is 3. The number of fused-ring (bicyclic) bond motifs is 11. The smallest absolute Gasteiger partial charge is 0.299 e. The van der Waals surface area contributed by atoms with E-state index in [-0.39, 0.29) is 23.0 Å². The third-order valence-electron chi connectivity index (χ3n) is 17.0. The molecule has 11 aromatic rings. The molecule has 5 heterocycles. The molecular weight excluding hydrogens is 914 g/mol. The number of hydrogen-bond acceptors (Lipinski definition) is 2. The second-order valence-corrected chi connectivity index (χ2v) is 25.7. The molecule has 0 spiro atoms. The number of ether oxygens (including phenoxy) is 1. The lowest BCUT2D eigenvalue weighted by atomic mass is 9.34. The maximum atomic E-state index is 7.31. The quantitative estimate of drug-likeness (QED) is 0.127. The molecule has 0 saturated carbocycles. The Morgan fingerprint density at radius 3 is 1.89 bits per heavy atom. The maximum Gasteiger partial charge on any atom is 0.299 e. The summed E-state index contributed by atoms with van der Waals surface area (Å²) in [6.07, 6.45) is 0. The fourth-order valence-electron chi connectivity index (χ4n) is 12.8. The van der Waals surface area contributed by atoms with Crippen molar-refractivity contribution < 1.29 is 13.7 Å². The number of imidazole rings is 1. The Labute approximate surface area is 442 Å². The molecule has 8 aromatic carbocycles. The van der Waals surface area contributed by atoms with E-state index in [0.29, 0.717) is 11.8 Å². The molecule has 2 aliphatic heterocycles. The number of para-hydroxylation sites is 3. The van der Waals surface area contributed by atoms with Crippen LogP contribution in [0.3, 0.4) is 0 Å². The molecule has 0 N–H and O–H groups in total. The summed E-state index contributed by atoms with van der Waals surface area (Å²) in [6, 6.07) is 50.9. The molecule has 2 aliphatic rings. The highest BCUT2D eigenvalue weighted by Gasteiger charge is 2.43. The minimum Gasteiger partial charge on any atom is -0.458 e. The van der Waals surface area contributed by atoms with E-state index < -0.39 is 0 Å². The standard InChI is InChI=1S/C69H69BN3O2/c1-38(2)46-19-18-20-47(39(3)4)63(46)73-56-22-17-16-21-55(56)71(15)66(73)61-40(5)23-27-49-48-28-24-41(32-59(48)75-65(49)61)42-31-57-62-60(33-42)74-58-30-26-44(68(9,10)11)36-52(58)70(62)53-37-45(69(12,13)14)35-51-50-34-43(67(6,7)8)25-29-54(50)72(57)64(51)53/h16-39H,1-15H3/q+1. The van der Waals surface area contributed by atoms with Crippen LogP contribution in [-0.4, -0.2) is 15.8 Å². The molecule has 0 atom stereocenters. The Bertz CT molecular complexity index is 4220. The van der Waals surface area contributed by atoms with E-state index in [4.69, 9.17) is 9.15 Å². The van der Waals surface area contributed by atoms with Crippen molar-refractivity contribution in [2.75, 3.05) is 0 Å². The topological polar surface area (TPSA) is 36.1 Å². The Morgan fingerprint density at radius 1 is 0.533 bits per heavy atom. The maximum absolute atomic E-state index is 7.31. The first kappa shape index (κ1) is 47.4. The highest BCUT2D eigenvalue weighted by molar-refractivity contribution is 6.99. The van der Waals surface area contributed by atoms with Gasteiger partial charge in [0.2, 0.25) is 0 Å². The van der Waals surface area contributed by atoms with Gasteiger partial charge < -0.3 is 13.7 Å². The Kier molecular flexibility index (Phi) is 10.2. The lowest BCUT2D eigenvalue weighted by molar-refractivity contribution is -0.633. The fourth-order valence-corrected chi connectivity index (χ4v) is 12.8. The van der Waals surface area contributed by atoms with Gasteiger partial charge in [0.25, 0.3) is 12.5 Å². The zero-order valence-corrected chi connectivity index (χ0v) is 46.6. The van der Waals surface area contributed by atoms with Crippen LogP contribution in [0.4, 0.5) is 0 Å². The van der Waals surface area contributed by atoms with Crippen molar-refractivity contribution in [1.29, 1.82) is 0 Å². The van der Waals surface area contributed by atoms with Crippen LogP contribution in [0.5, 0.6) is 11.5 Å². The summed E-state index contributed by atoms with van der Waals surface area (Å²) in [6.45, 7) is 32.4. The van der Waals surface area contributed by atoms with Gasteiger partial charge in [0.15, 0.2) is 16.6 Å². The van der Waals surface area contributed by atoms with Crippen molar-refractivity contribution in [2.24, 2.45) is 7.05 Å². The van der Waals surface area contributed by atoms with Crippen LogP contribution in [0.25, 0.3) is 88.7 Å². The Balaban J connectivity index is 1.06. The summed E-state index contributed by atoms with van der Waals surface area (Å²) in [5.41, 5.74) is 23.9. The average Bonchev–Trinajstić information content (AvgIpc) is 4.13. The molecule has 0 unspecified atom stereocenters. The molecule has 3 aromatic heterocycles.